The Bertz CT molecular complexity index is 1570. The third-order valence-corrected chi connectivity index (χ3v) is 7.51. The maximum Gasteiger partial charge on any atom is 0.282 e. The number of amides is 2. The van der Waals surface area contributed by atoms with Crippen LogP contribution in [0.1, 0.15) is 48.5 Å². The number of hydrogen-bond donors (Lipinski definition) is 0. The van der Waals surface area contributed by atoms with Crippen LogP contribution < -0.4 is 9.47 Å². The van der Waals surface area contributed by atoms with E-state index in [9.17, 15) is 9.59 Å². The average molecular weight is 555 g/mol. The summed E-state index contributed by atoms with van der Waals surface area (Å²) in [6.45, 7) is 2.42. The fraction of sp³-hybridized carbons (Fsp3) is 0.167. The number of methoxy groups -OCH3 is 1. The van der Waals surface area contributed by atoms with Gasteiger partial charge in [-0.25, -0.2) is 0 Å². The van der Waals surface area contributed by atoms with Crippen LogP contribution in [-0.4, -0.2) is 30.1 Å². The summed E-state index contributed by atoms with van der Waals surface area (Å²) in [6.07, 6.45) is 3.35. The van der Waals surface area contributed by atoms with Crippen LogP contribution in [0, 0.1) is 6.92 Å². The van der Waals surface area contributed by atoms with Gasteiger partial charge in [-0.05, 0) is 87.6 Å². The molecule has 0 unspecified atom stereocenters. The Balaban J connectivity index is 1.28. The van der Waals surface area contributed by atoms with E-state index in [2.05, 4.69) is 21.0 Å². The Kier molecular flexibility index (Phi) is 5.80. The second-order valence-corrected chi connectivity index (χ2v) is 10.1. The molecule has 37 heavy (non-hydrogen) atoms. The van der Waals surface area contributed by atoms with E-state index in [-0.39, 0.29) is 0 Å². The van der Waals surface area contributed by atoms with Gasteiger partial charge in [0.2, 0.25) is 0 Å². The van der Waals surface area contributed by atoms with Crippen molar-refractivity contribution in [1.29, 1.82) is 0 Å². The molecule has 7 heteroatoms. The molecule has 0 fully saturated rings. The van der Waals surface area contributed by atoms with E-state index in [4.69, 9.17) is 9.47 Å². The molecule has 1 heterocycles. The van der Waals surface area contributed by atoms with Crippen molar-refractivity contribution in [2.75, 3.05) is 7.11 Å². The number of carbonyl (C=O) groups excluding carboxylic acids is 2. The Morgan fingerprint density at radius 3 is 2.19 bits per heavy atom. The van der Waals surface area contributed by atoms with Crippen LogP contribution in [0.3, 0.4) is 0 Å². The number of aryl methyl sites for hydroxylation is 3. The molecule has 0 saturated heterocycles. The summed E-state index contributed by atoms with van der Waals surface area (Å²) in [5, 5.41) is 7.05. The third kappa shape index (κ3) is 4.00. The van der Waals surface area contributed by atoms with Gasteiger partial charge in [-0.2, -0.15) is 10.1 Å². The molecule has 184 valence electrons. The van der Waals surface area contributed by atoms with Crippen molar-refractivity contribution in [3.8, 4) is 11.5 Å². The predicted molar refractivity (Wildman–Crippen MR) is 146 cm³/mol. The summed E-state index contributed by atoms with van der Waals surface area (Å²) < 4.78 is 12.3. The molecule has 6 nitrogen and oxygen atoms in total. The van der Waals surface area contributed by atoms with Crippen molar-refractivity contribution in [2.24, 2.45) is 5.10 Å². The third-order valence-electron chi connectivity index (χ3n) is 6.92. The molecule has 2 amide bonds. The maximum absolute atomic E-state index is 13.3. The zero-order valence-corrected chi connectivity index (χ0v) is 22.0. The molecule has 0 spiro atoms. The molecule has 0 aromatic heterocycles. The highest BCUT2D eigenvalue weighted by Gasteiger charge is 2.35. The topological polar surface area (TPSA) is 68.2 Å². The van der Waals surface area contributed by atoms with Gasteiger partial charge < -0.3 is 9.47 Å². The highest BCUT2D eigenvalue weighted by Crippen LogP contribution is 2.39. The lowest BCUT2D eigenvalue weighted by Gasteiger charge is -2.23. The number of imide groups is 1. The van der Waals surface area contributed by atoms with Crippen LogP contribution in [0.2, 0.25) is 0 Å². The van der Waals surface area contributed by atoms with Crippen molar-refractivity contribution < 1.29 is 19.1 Å². The van der Waals surface area contributed by atoms with E-state index in [0.717, 1.165) is 34.2 Å². The minimum absolute atomic E-state index is 0.383. The van der Waals surface area contributed by atoms with Gasteiger partial charge in [0.25, 0.3) is 11.8 Å². The first-order valence-electron chi connectivity index (χ1n) is 12.0. The quantitative estimate of drug-likeness (QED) is 0.209. The first kappa shape index (κ1) is 23.4. The maximum atomic E-state index is 13.3. The minimum Gasteiger partial charge on any atom is -0.493 e. The minimum atomic E-state index is -0.423. The van der Waals surface area contributed by atoms with Crippen LogP contribution in [0.5, 0.6) is 11.5 Å². The van der Waals surface area contributed by atoms with E-state index >= 15 is 0 Å². The van der Waals surface area contributed by atoms with E-state index in [0.29, 0.717) is 39.3 Å². The van der Waals surface area contributed by atoms with E-state index in [1.165, 1.54) is 22.9 Å². The summed E-state index contributed by atoms with van der Waals surface area (Å²) in [5.41, 5.74) is 6.26. The van der Waals surface area contributed by atoms with Gasteiger partial charge in [0.15, 0.2) is 11.5 Å². The smallest absolute Gasteiger partial charge is 0.282 e. The fourth-order valence-corrected chi connectivity index (χ4v) is 5.60. The number of hydrogen-bond acceptors (Lipinski definition) is 5. The van der Waals surface area contributed by atoms with Crippen LogP contribution in [-0.2, 0) is 19.4 Å². The molecule has 2 aliphatic rings. The predicted octanol–water partition coefficient (Wildman–Crippen LogP) is 6.23. The molecule has 1 aliphatic heterocycles. The Hall–Kier alpha value is -3.97. The number of halogens is 1. The summed E-state index contributed by atoms with van der Waals surface area (Å²) in [7, 11) is 1.56. The van der Waals surface area contributed by atoms with Crippen molar-refractivity contribution in [2.45, 2.75) is 26.4 Å². The first-order chi connectivity index (χ1) is 17.9. The summed E-state index contributed by atoms with van der Waals surface area (Å²) in [4.78, 5) is 26.6. The monoisotopic (exact) mass is 554 g/mol. The van der Waals surface area contributed by atoms with Gasteiger partial charge in [-0.3, -0.25) is 9.59 Å². The zero-order chi connectivity index (χ0) is 25.7. The second-order valence-electron chi connectivity index (χ2n) is 9.27. The van der Waals surface area contributed by atoms with Gasteiger partial charge in [-0.1, -0.05) is 42.0 Å². The zero-order valence-electron chi connectivity index (χ0n) is 20.4. The first-order valence-corrected chi connectivity index (χ1v) is 12.8. The molecule has 0 atom stereocenters. The molecule has 0 saturated carbocycles. The second kappa shape index (κ2) is 9.16. The molecule has 6 rings (SSSR count). The van der Waals surface area contributed by atoms with E-state index in [1.54, 1.807) is 13.2 Å². The van der Waals surface area contributed by atoms with Crippen LogP contribution in [0.15, 0.2) is 70.2 Å². The Labute approximate surface area is 222 Å². The number of benzene rings is 4. The fourth-order valence-electron chi connectivity index (χ4n) is 5.03. The highest BCUT2D eigenvalue weighted by molar-refractivity contribution is 9.10. The molecule has 4 aromatic rings. The van der Waals surface area contributed by atoms with Gasteiger partial charge in [0.1, 0.15) is 6.61 Å². The summed E-state index contributed by atoms with van der Waals surface area (Å²) in [6, 6.07) is 19.3. The molecule has 0 radical (unpaired) electrons. The molecule has 0 bridgehead atoms. The normalized spacial score (nSPS) is 14.2. The Morgan fingerprint density at radius 2 is 1.57 bits per heavy atom. The Morgan fingerprint density at radius 1 is 0.919 bits per heavy atom. The number of nitrogens with zero attached hydrogens (tertiary/aromatic N) is 2. The van der Waals surface area contributed by atoms with Crippen molar-refractivity contribution in [3.63, 3.8) is 0 Å². The standard InChI is InChI=1S/C30H23BrN2O4/c1-17-3-5-18(6-4-17)16-37-28-24(31)13-19(14-25(28)36-2)15-32-33-29(34)22-11-9-20-7-8-21-10-12-23(30(33)35)27(22)26(20)21/h3-6,9-15H,7-8,16H2,1-2H3/b32-15-. The van der Waals surface area contributed by atoms with E-state index in [1.807, 2.05) is 61.5 Å². The average Bonchev–Trinajstić information content (AvgIpc) is 3.33. The molecule has 0 N–H and O–H groups in total. The van der Waals surface area contributed by atoms with Gasteiger partial charge in [0, 0.05) is 5.39 Å². The van der Waals surface area contributed by atoms with Gasteiger partial charge in [0.05, 0.1) is 28.9 Å². The van der Waals surface area contributed by atoms with E-state index < -0.39 is 11.8 Å². The van der Waals surface area contributed by atoms with Crippen molar-refractivity contribution in [3.05, 3.63) is 104 Å². The molecular weight excluding hydrogens is 532 g/mol. The molecule has 1 aliphatic carbocycles. The lowest BCUT2D eigenvalue weighted by atomic mass is 9.92. The van der Waals surface area contributed by atoms with Crippen molar-refractivity contribution in [1.82, 2.24) is 5.01 Å². The SMILES string of the molecule is COc1cc(/C=N\N2C(=O)c3ccc4c5c(ccc(c35)C2=O)CC4)cc(Br)c1OCc1ccc(C)cc1. The lowest BCUT2D eigenvalue weighted by Crippen LogP contribution is -2.36. The van der Waals surface area contributed by atoms with Gasteiger partial charge >= 0.3 is 0 Å². The van der Waals surface area contributed by atoms with Gasteiger partial charge in [-0.15, -0.1) is 0 Å². The number of hydrazone groups is 1. The highest BCUT2D eigenvalue weighted by atomic mass is 79.9. The lowest BCUT2D eigenvalue weighted by molar-refractivity contribution is 0.0616. The van der Waals surface area contributed by atoms with Crippen LogP contribution in [0.4, 0.5) is 0 Å². The number of rotatable bonds is 6. The van der Waals surface area contributed by atoms with Crippen molar-refractivity contribution >= 4 is 44.7 Å². The molecule has 4 aromatic carbocycles. The number of carbonyl (C=O) groups is 2. The largest absolute Gasteiger partial charge is 0.493 e. The van der Waals surface area contributed by atoms with Crippen LogP contribution >= 0.6 is 15.9 Å². The molecular formula is C30H23BrN2O4. The number of ether oxygens (including phenoxy) is 2. The van der Waals surface area contributed by atoms with Crippen LogP contribution in [0.25, 0.3) is 10.8 Å². The summed E-state index contributed by atoms with van der Waals surface area (Å²) in [5.74, 6) is 0.220. The summed E-state index contributed by atoms with van der Waals surface area (Å²) >= 11 is 3.56.